The Balaban J connectivity index is 1.76. The first-order valence-electron chi connectivity index (χ1n) is 9.42. The third-order valence-electron chi connectivity index (χ3n) is 7.14. The molecule has 0 saturated carbocycles. The fourth-order valence-corrected chi connectivity index (χ4v) is 4.90. The van der Waals surface area contributed by atoms with E-state index in [0.717, 1.165) is 6.42 Å². The summed E-state index contributed by atoms with van der Waals surface area (Å²) < 4.78 is 0. The van der Waals surface area contributed by atoms with Crippen LogP contribution >= 0.6 is 0 Å². The molecule has 0 unspecified atom stereocenters. The largest absolute Gasteiger partial charge is 0.0669 e. The van der Waals surface area contributed by atoms with Gasteiger partial charge in [0.2, 0.25) is 0 Å². The molecule has 126 valence electrons. The summed E-state index contributed by atoms with van der Waals surface area (Å²) in [5, 5.41) is 2.88. The number of benzene rings is 2. The molecule has 2 aromatic carbocycles. The third-order valence-corrected chi connectivity index (χ3v) is 7.14. The molecule has 0 heterocycles. The first-order chi connectivity index (χ1) is 11.7. The SMILES string of the molecule is CC1=Cc2cc3c(cc2C1(C)C)-c1cc2c(cc1C3)=C(C)C(C)(C)C=2. The maximum atomic E-state index is 2.48. The summed E-state index contributed by atoms with van der Waals surface area (Å²) in [5.74, 6) is 0. The number of fused-ring (bicyclic) bond motifs is 5. The number of rotatable bonds is 0. The predicted molar refractivity (Wildman–Crippen MR) is 108 cm³/mol. The molecular weight excluding hydrogens is 300 g/mol. The minimum atomic E-state index is 0.155. The highest BCUT2D eigenvalue weighted by molar-refractivity contribution is 5.83. The molecule has 5 rings (SSSR count). The van der Waals surface area contributed by atoms with E-state index in [1.54, 1.807) is 0 Å². The van der Waals surface area contributed by atoms with Gasteiger partial charge in [0.1, 0.15) is 0 Å². The summed E-state index contributed by atoms with van der Waals surface area (Å²) in [4.78, 5) is 0. The van der Waals surface area contributed by atoms with Crippen LogP contribution in [0.1, 0.15) is 63.8 Å². The Morgan fingerprint density at radius 3 is 2.28 bits per heavy atom. The fraction of sp³-hybridized carbons (Fsp3) is 0.360. The summed E-state index contributed by atoms with van der Waals surface area (Å²) in [6, 6.07) is 9.83. The lowest BCUT2D eigenvalue weighted by molar-refractivity contribution is 0.640. The molecule has 0 fully saturated rings. The molecule has 0 aliphatic heterocycles. The highest BCUT2D eigenvalue weighted by Gasteiger charge is 2.33. The van der Waals surface area contributed by atoms with Gasteiger partial charge in [0.05, 0.1) is 0 Å². The molecule has 0 radical (unpaired) electrons. The van der Waals surface area contributed by atoms with E-state index in [9.17, 15) is 0 Å². The van der Waals surface area contributed by atoms with Gasteiger partial charge in [-0.1, -0.05) is 63.1 Å². The minimum Gasteiger partial charge on any atom is -0.0669 e. The maximum Gasteiger partial charge on any atom is 0.0112 e. The van der Waals surface area contributed by atoms with Gasteiger partial charge in [0.25, 0.3) is 0 Å². The van der Waals surface area contributed by atoms with E-state index in [-0.39, 0.29) is 10.8 Å². The van der Waals surface area contributed by atoms with E-state index >= 15 is 0 Å². The minimum absolute atomic E-state index is 0.155. The van der Waals surface area contributed by atoms with Crippen LogP contribution in [0.4, 0.5) is 0 Å². The zero-order valence-electron chi connectivity index (χ0n) is 16.2. The molecule has 0 amide bonds. The molecule has 2 aromatic rings. The number of hydrogen-bond donors (Lipinski definition) is 0. The standard InChI is InChI=1S/C25H26/c1-14-7-18-9-16-8-17-10-20-15(2)24(3,4)13-19(20)11-21(17)22(16)12-23(18)25(14,5)6/h7,9-13H,8H2,1-6H3. The van der Waals surface area contributed by atoms with Crippen molar-refractivity contribution in [3.05, 3.63) is 62.5 Å². The van der Waals surface area contributed by atoms with E-state index < -0.39 is 0 Å². The highest BCUT2D eigenvalue weighted by Crippen LogP contribution is 2.46. The van der Waals surface area contributed by atoms with Crippen LogP contribution in [-0.2, 0) is 11.8 Å². The van der Waals surface area contributed by atoms with Crippen molar-refractivity contribution in [3.8, 4) is 11.1 Å². The lowest BCUT2D eigenvalue weighted by Crippen LogP contribution is -2.23. The van der Waals surface area contributed by atoms with Crippen molar-refractivity contribution in [3.63, 3.8) is 0 Å². The van der Waals surface area contributed by atoms with Crippen LogP contribution < -0.4 is 10.4 Å². The molecule has 25 heavy (non-hydrogen) atoms. The summed E-state index contributed by atoms with van der Waals surface area (Å²) in [7, 11) is 0. The van der Waals surface area contributed by atoms with Gasteiger partial charge in [-0.05, 0) is 76.2 Å². The van der Waals surface area contributed by atoms with Crippen molar-refractivity contribution in [2.45, 2.75) is 53.4 Å². The van der Waals surface area contributed by atoms with E-state index in [0.29, 0.717) is 0 Å². The van der Waals surface area contributed by atoms with Gasteiger partial charge >= 0.3 is 0 Å². The molecule has 0 atom stereocenters. The van der Waals surface area contributed by atoms with E-state index in [4.69, 9.17) is 0 Å². The second-order valence-corrected chi connectivity index (χ2v) is 9.31. The van der Waals surface area contributed by atoms with Crippen LogP contribution in [-0.4, -0.2) is 0 Å². The van der Waals surface area contributed by atoms with Crippen molar-refractivity contribution < 1.29 is 0 Å². The Hall–Kier alpha value is -2.08. The Labute approximate surface area is 150 Å². The zero-order valence-corrected chi connectivity index (χ0v) is 16.2. The molecule has 0 aromatic heterocycles. The first kappa shape index (κ1) is 15.2. The average Bonchev–Trinajstić information content (AvgIpc) is 3.06. The van der Waals surface area contributed by atoms with Crippen LogP contribution in [0.2, 0.25) is 0 Å². The van der Waals surface area contributed by atoms with Crippen molar-refractivity contribution in [2.75, 3.05) is 0 Å². The van der Waals surface area contributed by atoms with Crippen LogP contribution in [0.5, 0.6) is 0 Å². The van der Waals surface area contributed by atoms with Gasteiger partial charge < -0.3 is 0 Å². The van der Waals surface area contributed by atoms with Gasteiger partial charge in [0.15, 0.2) is 0 Å². The van der Waals surface area contributed by atoms with Crippen molar-refractivity contribution in [2.24, 2.45) is 5.41 Å². The lowest BCUT2D eigenvalue weighted by Gasteiger charge is -2.23. The Kier molecular flexibility index (Phi) is 2.65. The first-order valence-corrected chi connectivity index (χ1v) is 9.42. The maximum absolute atomic E-state index is 2.48. The van der Waals surface area contributed by atoms with E-state index in [1.807, 2.05) is 0 Å². The van der Waals surface area contributed by atoms with Crippen molar-refractivity contribution in [1.82, 2.24) is 0 Å². The Morgan fingerprint density at radius 2 is 1.52 bits per heavy atom. The highest BCUT2D eigenvalue weighted by atomic mass is 14.4. The van der Waals surface area contributed by atoms with Crippen LogP contribution in [0.3, 0.4) is 0 Å². The van der Waals surface area contributed by atoms with Crippen LogP contribution in [0, 0.1) is 5.41 Å². The quantitative estimate of drug-likeness (QED) is 0.549. The number of hydrogen-bond acceptors (Lipinski definition) is 0. The summed E-state index contributed by atoms with van der Waals surface area (Å²) in [5.41, 5.74) is 12.1. The Bertz CT molecular complexity index is 1120. The van der Waals surface area contributed by atoms with Gasteiger partial charge in [-0.2, -0.15) is 0 Å². The third kappa shape index (κ3) is 1.83. The van der Waals surface area contributed by atoms with Gasteiger partial charge in [-0.25, -0.2) is 0 Å². The van der Waals surface area contributed by atoms with Crippen LogP contribution in [0.25, 0.3) is 28.9 Å². The predicted octanol–water partition coefficient (Wildman–Crippen LogP) is 4.94. The zero-order chi connectivity index (χ0) is 17.7. The van der Waals surface area contributed by atoms with Crippen LogP contribution in [0.15, 0.2) is 29.8 Å². The second kappa shape index (κ2) is 4.36. The fourth-order valence-electron chi connectivity index (χ4n) is 4.90. The molecular formula is C25H26. The van der Waals surface area contributed by atoms with E-state index in [1.165, 1.54) is 55.0 Å². The topological polar surface area (TPSA) is 0 Å². The molecule has 0 N–H and O–H groups in total. The summed E-state index contributed by atoms with van der Waals surface area (Å²) in [6.45, 7) is 13.9. The van der Waals surface area contributed by atoms with Gasteiger partial charge in [-0.15, -0.1) is 0 Å². The molecule has 3 aliphatic rings. The van der Waals surface area contributed by atoms with Gasteiger partial charge in [0, 0.05) is 10.8 Å². The lowest BCUT2D eigenvalue weighted by atomic mass is 9.81. The second-order valence-electron chi connectivity index (χ2n) is 9.31. The monoisotopic (exact) mass is 326 g/mol. The summed E-state index contributed by atoms with van der Waals surface area (Å²) in [6.07, 6.45) is 5.90. The normalized spacial score (nSPS) is 20.6. The van der Waals surface area contributed by atoms with Gasteiger partial charge in [-0.3, -0.25) is 0 Å². The number of allylic oxidation sites excluding steroid dienone is 1. The van der Waals surface area contributed by atoms with Crippen molar-refractivity contribution in [1.29, 1.82) is 0 Å². The molecule has 0 spiro atoms. The molecule has 0 bridgehead atoms. The van der Waals surface area contributed by atoms with Crippen molar-refractivity contribution >= 4 is 17.7 Å². The Morgan fingerprint density at radius 1 is 0.840 bits per heavy atom. The van der Waals surface area contributed by atoms with E-state index in [2.05, 4.69) is 78.0 Å². The molecule has 0 saturated heterocycles. The summed E-state index contributed by atoms with van der Waals surface area (Å²) >= 11 is 0. The molecule has 0 heteroatoms. The molecule has 3 aliphatic carbocycles. The average molecular weight is 326 g/mol. The smallest absolute Gasteiger partial charge is 0.0112 e. The molecule has 0 nitrogen and oxygen atoms in total.